The monoisotopic (exact) mass is 924 g/mol. The maximum Gasteiger partial charge on any atom is 0.295 e. The predicted molar refractivity (Wildman–Crippen MR) is 241 cm³/mol. The highest BCUT2D eigenvalue weighted by Crippen LogP contribution is 2.38. The average Bonchev–Trinajstić information content (AvgIpc) is 3.28. The number of anilines is 2. The molecule has 0 atom stereocenters. The highest BCUT2D eigenvalue weighted by Gasteiger charge is 2.26. The van der Waals surface area contributed by atoms with Crippen LogP contribution in [0, 0.1) is 13.8 Å². The minimum absolute atomic E-state index is 0.0285. The number of fused-ring (bicyclic) bond motifs is 2. The number of rotatable bonds is 11. The van der Waals surface area contributed by atoms with E-state index in [1.54, 1.807) is 49.5 Å². The Hall–Kier alpha value is -8.44. The van der Waals surface area contributed by atoms with Crippen LogP contribution in [0.5, 0.6) is 11.5 Å². The molecule has 2 amide bonds. The third-order valence-electron chi connectivity index (χ3n) is 9.87. The van der Waals surface area contributed by atoms with Gasteiger partial charge in [-0.25, -0.2) is 19.9 Å². The molecule has 330 valence electrons. The number of phenols is 2. The number of hydrogen-bond acceptors (Lipinski definition) is 16. The van der Waals surface area contributed by atoms with E-state index in [4.69, 9.17) is 0 Å². The number of phenolic OH excluding ortho intramolecular Hbond substituents is 2. The second-order valence-corrected chi connectivity index (χ2v) is 17.1. The third kappa shape index (κ3) is 9.27. The first-order chi connectivity index (χ1) is 31.4. The first-order valence-electron chi connectivity index (χ1n) is 19.2. The average molecular weight is 925 g/mol. The zero-order valence-electron chi connectivity index (χ0n) is 34.2. The van der Waals surface area contributed by atoms with Crippen molar-refractivity contribution in [2.45, 2.75) is 23.6 Å². The summed E-state index contributed by atoms with van der Waals surface area (Å²) in [6, 6.07) is 25.0. The topological polar surface area (TPSA) is 308 Å². The summed E-state index contributed by atoms with van der Waals surface area (Å²) >= 11 is 0. The van der Waals surface area contributed by atoms with Crippen molar-refractivity contribution in [1.82, 2.24) is 19.9 Å². The minimum Gasteiger partial charge on any atom is -0.507 e. The number of azo groups is 2. The van der Waals surface area contributed by atoms with Crippen molar-refractivity contribution < 1.29 is 45.7 Å². The van der Waals surface area contributed by atoms with Crippen molar-refractivity contribution in [2.75, 3.05) is 10.6 Å². The summed E-state index contributed by atoms with van der Waals surface area (Å²) in [5, 5.41) is 43.3. The van der Waals surface area contributed by atoms with Gasteiger partial charge in [0.05, 0.1) is 11.3 Å². The smallest absolute Gasteiger partial charge is 0.295 e. The first-order valence-corrected chi connectivity index (χ1v) is 22.1. The number of hydrogen-bond donors (Lipinski definition) is 6. The lowest BCUT2D eigenvalue weighted by molar-refractivity contribution is 0.101. The van der Waals surface area contributed by atoms with Gasteiger partial charge in [0.15, 0.2) is 11.6 Å². The van der Waals surface area contributed by atoms with Crippen molar-refractivity contribution in [2.24, 2.45) is 20.5 Å². The van der Waals surface area contributed by atoms with Crippen LogP contribution in [0.4, 0.5) is 34.4 Å². The van der Waals surface area contributed by atoms with Gasteiger partial charge in [0.2, 0.25) is 0 Å². The molecule has 0 spiro atoms. The zero-order chi connectivity index (χ0) is 46.9. The summed E-state index contributed by atoms with van der Waals surface area (Å²) in [5.74, 6) is -1.39. The largest absolute Gasteiger partial charge is 0.507 e. The van der Waals surface area contributed by atoms with Gasteiger partial charge in [-0.2, -0.15) is 16.8 Å². The van der Waals surface area contributed by atoms with Crippen molar-refractivity contribution in [1.29, 1.82) is 0 Å². The van der Waals surface area contributed by atoms with Gasteiger partial charge in [-0.1, -0.05) is 24.3 Å². The Balaban J connectivity index is 1.09. The number of amides is 2. The summed E-state index contributed by atoms with van der Waals surface area (Å²) in [6.07, 6.45) is 3.07. The molecular weight excluding hydrogens is 893 g/mol. The molecule has 0 aliphatic carbocycles. The van der Waals surface area contributed by atoms with E-state index >= 15 is 0 Å². The summed E-state index contributed by atoms with van der Waals surface area (Å²) in [4.78, 5) is 42.7. The Bertz CT molecular complexity index is 3580. The van der Waals surface area contributed by atoms with E-state index in [0.29, 0.717) is 17.2 Å². The number of aromatic nitrogens is 4. The predicted octanol–water partition coefficient (Wildman–Crippen LogP) is 9.10. The van der Waals surface area contributed by atoms with E-state index < -0.39 is 53.0 Å². The van der Waals surface area contributed by atoms with Crippen molar-refractivity contribution >= 4 is 88.2 Å². The summed E-state index contributed by atoms with van der Waals surface area (Å²) in [6.45, 7) is 3.08. The Labute approximate surface area is 374 Å². The van der Waals surface area contributed by atoms with Crippen LogP contribution in [0.15, 0.2) is 152 Å². The molecule has 0 aliphatic rings. The van der Waals surface area contributed by atoms with E-state index in [1.807, 2.05) is 0 Å². The van der Waals surface area contributed by atoms with Crippen LogP contribution in [-0.4, -0.2) is 67.9 Å². The summed E-state index contributed by atoms with van der Waals surface area (Å²) < 4.78 is 72.1. The lowest BCUT2D eigenvalue weighted by Crippen LogP contribution is -2.16. The van der Waals surface area contributed by atoms with Crippen LogP contribution in [0.2, 0.25) is 0 Å². The van der Waals surface area contributed by atoms with Gasteiger partial charge < -0.3 is 20.8 Å². The van der Waals surface area contributed by atoms with Crippen LogP contribution in [0.25, 0.3) is 32.9 Å². The molecule has 6 N–H and O–H groups in total. The van der Waals surface area contributed by atoms with Crippen LogP contribution in [0.1, 0.15) is 32.1 Å². The van der Waals surface area contributed by atoms with Gasteiger partial charge in [-0.3, -0.25) is 18.7 Å². The molecule has 0 saturated heterocycles. The fraction of sp³-hybridized carbons (Fsp3) is 0.0455. The molecule has 20 nitrogen and oxygen atoms in total. The lowest BCUT2D eigenvalue weighted by atomic mass is 10.0. The fourth-order valence-corrected chi connectivity index (χ4v) is 8.23. The highest BCUT2D eigenvalue weighted by molar-refractivity contribution is 7.86. The van der Waals surface area contributed by atoms with Gasteiger partial charge in [0.25, 0.3) is 32.1 Å². The number of aromatic hydroxyl groups is 2. The fourth-order valence-electron chi connectivity index (χ4n) is 6.77. The number of nitrogens with zero attached hydrogens (tertiary/aromatic N) is 8. The Morgan fingerprint density at radius 3 is 1.53 bits per heavy atom. The number of carbonyl (C=O) groups is 2. The van der Waals surface area contributed by atoms with E-state index in [2.05, 4.69) is 51.0 Å². The first kappa shape index (κ1) is 44.2. The lowest BCUT2D eigenvalue weighted by Gasteiger charge is -2.15. The molecule has 0 saturated carbocycles. The van der Waals surface area contributed by atoms with Crippen molar-refractivity contribution in [3.63, 3.8) is 0 Å². The molecule has 8 rings (SSSR count). The van der Waals surface area contributed by atoms with Gasteiger partial charge in [0.1, 0.15) is 49.4 Å². The number of aryl methyl sites for hydroxylation is 2. The molecule has 4 aromatic heterocycles. The molecular formula is C44H32N10O10S2. The maximum absolute atomic E-state index is 13.7. The summed E-state index contributed by atoms with van der Waals surface area (Å²) in [5.41, 5.74) is -0.0266. The van der Waals surface area contributed by atoms with Gasteiger partial charge in [-0.15, -0.1) is 20.5 Å². The second kappa shape index (κ2) is 17.6. The normalized spacial score (nSPS) is 12.0. The molecule has 4 aromatic carbocycles. The quantitative estimate of drug-likeness (QED) is 0.0521. The zero-order valence-corrected chi connectivity index (χ0v) is 35.8. The molecule has 22 heteroatoms. The van der Waals surface area contributed by atoms with Crippen LogP contribution in [0.3, 0.4) is 0 Å². The van der Waals surface area contributed by atoms with Crippen molar-refractivity contribution in [3.05, 3.63) is 144 Å². The maximum atomic E-state index is 13.7. The van der Waals surface area contributed by atoms with Crippen molar-refractivity contribution in [3.8, 4) is 22.6 Å². The third-order valence-corrected chi connectivity index (χ3v) is 11.7. The minimum atomic E-state index is -5.17. The standard InChI is InChI=1S/C44H32N10O10S2/c1-23-19-30-34(55)15-14-33(52-54-39-8-4-6-18-46-39)42(30)50-40(23)44(58)49-26-10-12-28(37(21-26)66(62,63)64)27-11-9-25(20-36(27)65(59,60)61)48-43(57)29-22-31-35(56)16-13-32(41(31)47-24(29)2)51-53-38-7-3-5-17-45-38/h3-22,55-56H,1-2H3,(H,48,57)(H,49,58)(H,59,60,61)(H,62,63,64). The Morgan fingerprint density at radius 1 is 0.561 bits per heavy atom. The van der Waals surface area contributed by atoms with Crippen LogP contribution < -0.4 is 10.6 Å². The number of carbonyl (C=O) groups excluding carboxylic acids is 2. The number of nitrogens with one attached hydrogen (secondary N) is 2. The van der Waals surface area contributed by atoms with Gasteiger partial charge >= 0.3 is 0 Å². The number of pyridine rings is 4. The molecule has 0 fully saturated rings. The Kier molecular flexibility index (Phi) is 11.8. The van der Waals surface area contributed by atoms with E-state index in [1.165, 1.54) is 61.7 Å². The van der Waals surface area contributed by atoms with Crippen LogP contribution >= 0.6 is 0 Å². The van der Waals surface area contributed by atoms with Gasteiger partial charge in [0, 0.05) is 45.7 Å². The molecule has 66 heavy (non-hydrogen) atoms. The molecule has 0 radical (unpaired) electrons. The second-order valence-electron chi connectivity index (χ2n) is 14.3. The van der Waals surface area contributed by atoms with E-state index in [9.17, 15) is 45.7 Å². The highest BCUT2D eigenvalue weighted by atomic mass is 32.2. The molecule has 8 aromatic rings. The van der Waals surface area contributed by atoms with Gasteiger partial charge in [-0.05, 0) is 104 Å². The SMILES string of the molecule is Cc1cc2c(O)ccc(N=Nc3ccccn3)c2nc1C(=O)Nc1ccc(-c2ccc(NC(=O)c3cc4c(O)ccc(N=Nc5ccccn5)c4nc3C)cc2S(=O)(=O)O)c(S(=O)(=O)O)c1. The van der Waals surface area contributed by atoms with E-state index in [-0.39, 0.29) is 73.0 Å². The van der Waals surface area contributed by atoms with Crippen LogP contribution in [-0.2, 0) is 20.2 Å². The number of benzene rings is 4. The molecule has 0 bridgehead atoms. The molecule has 0 unspecified atom stereocenters. The molecule has 4 heterocycles. The Morgan fingerprint density at radius 2 is 1.05 bits per heavy atom. The van der Waals surface area contributed by atoms with E-state index in [0.717, 1.165) is 24.3 Å². The summed E-state index contributed by atoms with van der Waals surface area (Å²) in [7, 11) is -10.3. The molecule has 0 aliphatic heterocycles.